The van der Waals surface area contributed by atoms with Crippen molar-refractivity contribution in [1.29, 1.82) is 0 Å². The molecule has 0 atom stereocenters. The Balaban J connectivity index is 1.43. The number of benzene rings is 2. The van der Waals surface area contributed by atoms with E-state index in [1.807, 2.05) is 17.5 Å². The minimum Gasteiger partial charge on any atom is -0.350 e. The number of carbonyl (C=O) groups excluding carboxylic acids is 3. The van der Waals surface area contributed by atoms with Crippen molar-refractivity contribution in [3.05, 3.63) is 88.1 Å². The lowest BCUT2D eigenvalue weighted by Crippen LogP contribution is -2.34. The molecule has 0 bridgehead atoms. The smallest absolute Gasteiger partial charge is 0.265 e. The van der Waals surface area contributed by atoms with Gasteiger partial charge in [-0.25, -0.2) is 0 Å². The zero-order valence-corrected chi connectivity index (χ0v) is 15.8. The monoisotopic (exact) mass is 393 g/mol. The molecule has 3 rings (SSSR count). The van der Waals surface area contributed by atoms with Gasteiger partial charge in [0.05, 0.1) is 4.88 Å². The Kier molecular flexibility index (Phi) is 6.54. The molecule has 142 valence electrons. The summed E-state index contributed by atoms with van der Waals surface area (Å²) in [6.07, 6.45) is 0. The minimum absolute atomic E-state index is 0.179. The predicted octanol–water partition coefficient (Wildman–Crippen LogP) is 3.16. The van der Waals surface area contributed by atoms with Crippen molar-refractivity contribution < 1.29 is 14.4 Å². The van der Waals surface area contributed by atoms with Gasteiger partial charge >= 0.3 is 0 Å². The maximum absolute atomic E-state index is 12.2. The molecule has 1 aromatic heterocycles. The first kappa shape index (κ1) is 19.3. The summed E-state index contributed by atoms with van der Waals surface area (Å²) in [7, 11) is 0. The molecule has 0 saturated carbocycles. The summed E-state index contributed by atoms with van der Waals surface area (Å²) in [5.41, 5.74) is 1.67. The van der Waals surface area contributed by atoms with E-state index in [2.05, 4.69) is 16.0 Å². The van der Waals surface area contributed by atoms with Crippen LogP contribution in [0.3, 0.4) is 0 Å². The minimum atomic E-state index is -0.245. The highest BCUT2D eigenvalue weighted by atomic mass is 32.1. The molecule has 28 heavy (non-hydrogen) atoms. The molecule has 6 nitrogen and oxygen atoms in total. The van der Waals surface area contributed by atoms with E-state index in [-0.39, 0.29) is 17.7 Å². The molecule has 0 aliphatic heterocycles. The van der Waals surface area contributed by atoms with Gasteiger partial charge in [-0.1, -0.05) is 24.3 Å². The van der Waals surface area contributed by atoms with Crippen molar-refractivity contribution in [1.82, 2.24) is 10.6 Å². The van der Waals surface area contributed by atoms with E-state index in [4.69, 9.17) is 0 Å². The number of hydrogen-bond donors (Lipinski definition) is 3. The maximum Gasteiger partial charge on any atom is 0.265 e. The van der Waals surface area contributed by atoms with Crippen LogP contribution in [-0.4, -0.2) is 30.8 Å². The third-order valence-electron chi connectivity index (χ3n) is 3.88. The average molecular weight is 393 g/mol. The second-order valence-electron chi connectivity index (χ2n) is 5.89. The van der Waals surface area contributed by atoms with Gasteiger partial charge in [0.15, 0.2) is 0 Å². The van der Waals surface area contributed by atoms with Crippen LogP contribution in [0.4, 0.5) is 5.69 Å². The summed E-state index contributed by atoms with van der Waals surface area (Å²) in [5, 5.41) is 10.1. The molecule has 0 spiro atoms. The fourth-order valence-corrected chi connectivity index (χ4v) is 3.07. The van der Waals surface area contributed by atoms with Crippen LogP contribution in [0.25, 0.3) is 0 Å². The van der Waals surface area contributed by atoms with Gasteiger partial charge < -0.3 is 16.0 Å². The number of carbonyl (C=O) groups is 3. The van der Waals surface area contributed by atoms with Crippen LogP contribution in [-0.2, 0) is 0 Å². The Morgan fingerprint density at radius 3 is 1.86 bits per heavy atom. The zero-order valence-electron chi connectivity index (χ0n) is 15.0. The molecule has 0 fully saturated rings. The van der Waals surface area contributed by atoms with Gasteiger partial charge in [-0.3, -0.25) is 14.4 Å². The molecule has 0 unspecified atom stereocenters. The summed E-state index contributed by atoms with van der Waals surface area (Å²) >= 11 is 1.36. The van der Waals surface area contributed by atoms with Crippen molar-refractivity contribution in [2.24, 2.45) is 0 Å². The first-order valence-corrected chi connectivity index (χ1v) is 9.58. The molecule has 0 radical (unpaired) electrons. The standard InChI is InChI=1S/C21H19N3O3S/c25-19(15-5-2-1-3-6-15)22-12-13-23-20(26)16-8-10-17(11-9-16)24-21(27)18-7-4-14-28-18/h1-11,14H,12-13H2,(H,22,25)(H,23,26)(H,24,27). The van der Waals surface area contributed by atoms with Gasteiger partial charge in [0, 0.05) is 29.9 Å². The third-order valence-corrected chi connectivity index (χ3v) is 4.75. The number of nitrogens with one attached hydrogen (secondary N) is 3. The summed E-state index contributed by atoms with van der Waals surface area (Å²) in [6.45, 7) is 0.642. The van der Waals surface area contributed by atoms with Gasteiger partial charge in [-0.15, -0.1) is 11.3 Å². The molecule has 0 aliphatic carbocycles. The molecule has 0 aliphatic rings. The molecular weight excluding hydrogens is 374 g/mol. The highest BCUT2D eigenvalue weighted by Gasteiger charge is 2.09. The van der Waals surface area contributed by atoms with Crippen LogP contribution in [0.15, 0.2) is 72.1 Å². The lowest BCUT2D eigenvalue weighted by Gasteiger charge is -2.08. The van der Waals surface area contributed by atoms with Crippen LogP contribution in [0.2, 0.25) is 0 Å². The Labute approximate surface area is 166 Å². The number of amides is 3. The van der Waals surface area contributed by atoms with Crippen LogP contribution < -0.4 is 16.0 Å². The Bertz CT molecular complexity index is 939. The van der Waals surface area contributed by atoms with E-state index >= 15 is 0 Å². The summed E-state index contributed by atoms with van der Waals surface area (Å²) < 4.78 is 0. The number of thiophene rings is 1. The van der Waals surface area contributed by atoms with Crippen LogP contribution in [0.5, 0.6) is 0 Å². The Hall–Kier alpha value is -3.45. The molecule has 3 amide bonds. The lowest BCUT2D eigenvalue weighted by atomic mass is 10.2. The second kappa shape index (κ2) is 9.48. The first-order valence-electron chi connectivity index (χ1n) is 8.70. The van der Waals surface area contributed by atoms with E-state index < -0.39 is 0 Å². The predicted molar refractivity (Wildman–Crippen MR) is 110 cm³/mol. The van der Waals surface area contributed by atoms with Gasteiger partial charge in [0.1, 0.15) is 0 Å². The third kappa shape index (κ3) is 5.28. The topological polar surface area (TPSA) is 87.3 Å². The van der Waals surface area contributed by atoms with Crippen molar-refractivity contribution in [2.75, 3.05) is 18.4 Å². The van der Waals surface area contributed by atoms with E-state index in [0.717, 1.165) is 0 Å². The van der Waals surface area contributed by atoms with E-state index in [0.29, 0.717) is 34.8 Å². The molecule has 7 heteroatoms. The van der Waals surface area contributed by atoms with Gasteiger partial charge in [0.25, 0.3) is 17.7 Å². The molecule has 2 aromatic carbocycles. The highest BCUT2D eigenvalue weighted by molar-refractivity contribution is 7.12. The normalized spacial score (nSPS) is 10.1. The van der Waals surface area contributed by atoms with Gasteiger partial charge in [0.2, 0.25) is 0 Å². The molecular formula is C21H19N3O3S. The fraction of sp³-hybridized carbons (Fsp3) is 0.0952. The first-order chi connectivity index (χ1) is 13.6. The average Bonchev–Trinajstić information content (AvgIpc) is 3.27. The van der Waals surface area contributed by atoms with Gasteiger partial charge in [-0.2, -0.15) is 0 Å². The molecule has 3 N–H and O–H groups in total. The Morgan fingerprint density at radius 2 is 1.29 bits per heavy atom. The van der Waals surface area contributed by atoms with Crippen LogP contribution in [0, 0.1) is 0 Å². The van der Waals surface area contributed by atoms with Crippen molar-refractivity contribution in [3.8, 4) is 0 Å². The largest absolute Gasteiger partial charge is 0.350 e. The quantitative estimate of drug-likeness (QED) is 0.539. The zero-order chi connectivity index (χ0) is 19.8. The maximum atomic E-state index is 12.2. The summed E-state index contributed by atoms with van der Waals surface area (Å²) in [6, 6.07) is 19.1. The van der Waals surface area contributed by atoms with Crippen molar-refractivity contribution in [3.63, 3.8) is 0 Å². The molecule has 1 heterocycles. The second-order valence-corrected chi connectivity index (χ2v) is 6.83. The molecule has 3 aromatic rings. The molecule has 0 saturated heterocycles. The summed E-state index contributed by atoms with van der Waals surface area (Å²) in [5.74, 6) is -0.605. The highest BCUT2D eigenvalue weighted by Crippen LogP contribution is 2.14. The van der Waals surface area contributed by atoms with Crippen molar-refractivity contribution >= 4 is 34.7 Å². The number of hydrogen-bond acceptors (Lipinski definition) is 4. The van der Waals surface area contributed by atoms with E-state index in [9.17, 15) is 14.4 Å². The van der Waals surface area contributed by atoms with Crippen LogP contribution in [0.1, 0.15) is 30.4 Å². The summed E-state index contributed by atoms with van der Waals surface area (Å²) in [4.78, 5) is 36.7. The van der Waals surface area contributed by atoms with E-state index in [1.165, 1.54) is 11.3 Å². The fourth-order valence-electron chi connectivity index (χ4n) is 2.45. The van der Waals surface area contributed by atoms with Crippen molar-refractivity contribution in [2.45, 2.75) is 0 Å². The number of rotatable bonds is 7. The van der Waals surface area contributed by atoms with Gasteiger partial charge in [-0.05, 0) is 47.8 Å². The Morgan fingerprint density at radius 1 is 0.679 bits per heavy atom. The SMILES string of the molecule is O=C(NCCNC(=O)c1ccc(NC(=O)c2cccs2)cc1)c1ccccc1. The lowest BCUT2D eigenvalue weighted by molar-refractivity contribution is 0.0927. The van der Waals surface area contributed by atoms with E-state index in [1.54, 1.807) is 54.6 Å². The van der Waals surface area contributed by atoms with Crippen LogP contribution >= 0.6 is 11.3 Å². The number of anilines is 1.